The van der Waals surface area contributed by atoms with Crippen molar-refractivity contribution < 1.29 is 23.6 Å². The highest BCUT2D eigenvalue weighted by Gasteiger charge is 2.45. The number of amides is 4. The molecule has 116 valence electrons. The molecule has 0 bridgehead atoms. The normalized spacial score (nSPS) is 15.2. The number of halogens is 1. The van der Waals surface area contributed by atoms with E-state index in [-0.39, 0.29) is 18.0 Å². The third kappa shape index (κ3) is 3.03. The van der Waals surface area contributed by atoms with Crippen LogP contribution in [0.3, 0.4) is 0 Å². The third-order valence-electron chi connectivity index (χ3n) is 3.13. The van der Waals surface area contributed by atoms with Gasteiger partial charge in [0.25, 0.3) is 0 Å². The van der Waals surface area contributed by atoms with Crippen LogP contribution in [0.1, 0.15) is 24.2 Å². The molecule has 22 heavy (non-hydrogen) atoms. The number of imide groups is 2. The van der Waals surface area contributed by atoms with Gasteiger partial charge < -0.3 is 0 Å². The molecule has 1 heterocycles. The van der Waals surface area contributed by atoms with Crippen molar-refractivity contribution in [2.75, 3.05) is 13.1 Å². The molecule has 0 aromatic heterocycles. The molecule has 0 atom stereocenters. The molecule has 7 heteroatoms. The minimum atomic E-state index is -1.03. The highest BCUT2D eigenvalue weighted by atomic mass is 19.1. The standard InChI is InChI=1S/C15H15FN2O4/c1-9(2)7-17-13(20)14(21)18(15(17)22)8-12(19)10-4-3-5-11(16)6-10/h3-6,9H,7-8H2,1-2H3. The molecule has 0 N–H and O–H groups in total. The van der Waals surface area contributed by atoms with E-state index in [0.29, 0.717) is 4.90 Å². The predicted octanol–water partition coefficient (Wildman–Crippen LogP) is 1.46. The molecule has 1 aromatic carbocycles. The summed E-state index contributed by atoms with van der Waals surface area (Å²) in [6.45, 7) is 3.12. The Morgan fingerprint density at radius 3 is 2.36 bits per heavy atom. The molecule has 0 spiro atoms. The fourth-order valence-electron chi connectivity index (χ4n) is 2.11. The summed E-state index contributed by atoms with van der Waals surface area (Å²) in [5.41, 5.74) is 0.0374. The van der Waals surface area contributed by atoms with Crippen molar-refractivity contribution in [2.45, 2.75) is 13.8 Å². The second-order valence-electron chi connectivity index (χ2n) is 5.42. The Morgan fingerprint density at radius 1 is 1.14 bits per heavy atom. The molecule has 4 amide bonds. The lowest BCUT2D eigenvalue weighted by molar-refractivity contribution is -0.143. The molecule has 6 nitrogen and oxygen atoms in total. The highest BCUT2D eigenvalue weighted by molar-refractivity contribution is 6.45. The first-order chi connectivity index (χ1) is 10.3. The van der Waals surface area contributed by atoms with Crippen molar-refractivity contribution in [2.24, 2.45) is 5.92 Å². The van der Waals surface area contributed by atoms with Crippen LogP contribution in [0.4, 0.5) is 9.18 Å². The summed E-state index contributed by atoms with van der Waals surface area (Å²) in [7, 11) is 0. The largest absolute Gasteiger partial charge is 0.334 e. The van der Waals surface area contributed by atoms with Gasteiger partial charge in [0.1, 0.15) is 5.82 Å². The zero-order valence-electron chi connectivity index (χ0n) is 12.2. The van der Waals surface area contributed by atoms with Gasteiger partial charge in [0.05, 0.1) is 6.54 Å². The summed E-state index contributed by atoms with van der Waals surface area (Å²) >= 11 is 0. The maximum absolute atomic E-state index is 13.1. The van der Waals surface area contributed by atoms with Crippen LogP contribution in [0.2, 0.25) is 0 Å². The number of hydrogen-bond donors (Lipinski definition) is 0. The maximum atomic E-state index is 13.1. The van der Waals surface area contributed by atoms with Gasteiger partial charge in [0.2, 0.25) is 0 Å². The topological polar surface area (TPSA) is 74.8 Å². The van der Waals surface area contributed by atoms with Crippen LogP contribution < -0.4 is 0 Å². The number of nitrogens with zero attached hydrogens (tertiary/aromatic N) is 2. The molecule has 1 aliphatic heterocycles. The average Bonchev–Trinajstić information content (AvgIpc) is 2.64. The lowest BCUT2D eigenvalue weighted by Crippen LogP contribution is -2.38. The van der Waals surface area contributed by atoms with E-state index in [1.807, 2.05) is 0 Å². The van der Waals surface area contributed by atoms with Gasteiger partial charge in [-0.2, -0.15) is 0 Å². The smallest absolute Gasteiger partial charge is 0.292 e. The lowest BCUT2D eigenvalue weighted by Gasteiger charge is -2.16. The fraction of sp³-hybridized carbons (Fsp3) is 0.333. The first-order valence-electron chi connectivity index (χ1n) is 6.77. The minimum Gasteiger partial charge on any atom is -0.292 e. The second-order valence-corrected chi connectivity index (χ2v) is 5.42. The number of carbonyl (C=O) groups is 4. The van der Waals surface area contributed by atoms with E-state index in [1.54, 1.807) is 13.8 Å². The minimum absolute atomic E-state index is 0.000397. The second kappa shape index (κ2) is 6.05. The number of hydrogen-bond acceptors (Lipinski definition) is 4. The van der Waals surface area contributed by atoms with Gasteiger partial charge in [0, 0.05) is 12.1 Å². The maximum Gasteiger partial charge on any atom is 0.334 e. The van der Waals surface area contributed by atoms with Crippen LogP contribution in [0.5, 0.6) is 0 Å². The first kappa shape index (κ1) is 15.8. The molecule has 0 unspecified atom stereocenters. The zero-order chi connectivity index (χ0) is 16.4. The first-order valence-corrected chi connectivity index (χ1v) is 6.77. The summed E-state index contributed by atoms with van der Waals surface area (Å²) in [5, 5.41) is 0. The summed E-state index contributed by atoms with van der Waals surface area (Å²) in [6.07, 6.45) is 0. The van der Waals surface area contributed by atoms with Crippen molar-refractivity contribution in [1.29, 1.82) is 0 Å². The molecular formula is C15H15FN2O4. The van der Waals surface area contributed by atoms with Gasteiger partial charge in [-0.15, -0.1) is 0 Å². The van der Waals surface area contributed by atoms with Crippen molar-refractivity contribution >= 4 is 23.6 Å². The van der Waals surface area contributed by atoms with Crippen LogP contribution >= 0.6 is 0 Å². The molecule has 1 fully saturated rings. The third-order valence-corrected chi connectivity index (χ3v) is 3.13. The molecule has 1 saturated heterocycles. The molecular weight excluding hydrogens is 291 g/mol. The van der Waals surface area contributed by atoms with E-state index in [9.17, 15) is 23.6 Å². The van der Waals surface area contributed by atoms with Crippen molar-refractivity contribution in [3.8, 4) is 0 Å². The highest BCUT2D eigenvalue weighted by Crippen LogP contribution is 2.15. The van der Waals surface area contributed by atoms with E-state index < -0.39 is 36.0 Å². The van der Waals surface area contributed by atoms with Gasteiger partial charge >= 0.3 is 17.8 Å². The predicted molar refractivity (Wildman–Crippen MR) is 74.4 cm³/mol. The Kier molecular flexibility index (Phi) is 4.35. The quantitative estimate of drug-likeness (QED) is 0.469. The Morgan fingerprint density at radius 2 is 1.77 bits per heavy atom. The molecule has 0 aliphatic carbocycles. The van der Waals surface area contributed by atoms with E-state index in [4.69, 9.17) is 0 Å². The molecule has 2 rings (SSSR count). The van der Waals surface area contributed by atoms with Crippen molar-refractivity contribution in [1.82, 2.24) is 9.80 Å². The number of rotatable bonds is 5. The Balaban J connectivity index is 2.16. The average molecular weight is 306 g/mol. The van der Waals surface area contributed by atoms with Crippen LogP contribution in [0, 0.1) is 11.7 Å². The zero-order valence-corrected chi connectivity index (χ0v) is 12.2. The SMILES string of the molecule is CC(C)CN1C(=O)C(=O)N(CC(=O)c2cccc(F)c2)C1=O. The number of Topliss-reactive ketones (excluding diaryl/α,β-unsaturated/α-hetero) is 1. The van der Waals surface area contributed by atoms with Gasteiger partial charge in [-0.3, -0.25) is 19.3 Å². The Labute approximate surface area is 126 Å². The number of ketones is 1. The summed E-state index contributed by atoms with van der Waals surface area (Å²) in [5.74, 6) is -3.18. The number of urea groups is 1. The van der Waals surface area contributed by atoms with Gasteiger partial charge in [-0.1, -0.05) is 26.0 Å². The monoisotopic (exact) mass is 306 g/mol. The van der Waals surface area contributed by atoms with E-state index in [2.05, 4.69) is 0 Å². The van der Waals surface area contributed by atoms with Crippen LogP contribution in [-0.2, 0) is 9.59 Å². The molecule has 0 saturated carbocycles. The summed E-state index contributed by atoms with van der Waals surface area (Å²) in [6, 6.07) is 4.11. The van der Waals surface area contributed by atoms with Crippen LogP contribution in [0.25, 0.3) is 0 Å². The van der Waals surface area contributed by atoms with Gasteiger partial charge in [-0.05, 0) is 18.1 Å². The van der Waals surface area contributed by atoms with E-state index >= 15 is 0 Å². The molecule has 1 aromatic rings. The number of carbonyl (C=O) groups excluding carboxylic acids is 4. The van der Waals surface area contributed by atoms with E-state index in [1.165, 1.54) is 18.2 Å². The van der Waals surface area contributed by atoms with Gasteiger partial charge in [0.15, 0.2) is 5.78 Å². The Hall–Kier alpha value is -2.57. The van der Waals surface area contributed by atoms with Gasteiger partial charge in [-0.25, -0.2) is 14.1 Å². The van der Waals surface area contributed by atoms with E-state index in [0.717, 1.165) is 11.0 Å². The lowest BCUT2D eigenvalue weighted by atomic mass is 10.1. The van der Waals surface area contributed by atoms with Crippen molar-refractivity contribution in [3.63, 3.8) is 0 Å². The Bertz CT molecular complexity index is 657. The van der Waals surface area contributed by atoms with Crippen LogP contribution in [0.15, 0.2) is 24.3 Å². The van der Waals surface area contributed by atoms with Crippen LogP contribution in [-0.4, -0.2) is 46.5 Å². The number of benzene rings is 1. The van der Waals surface area contributed by atoms with Crippen molar-refractivity contribution in [3.05, 3.63) is 35.6 Å². The fourth-order valence-corrected chi connectivity index (χ4v) is 2.11. The summed E-state index contributed by atoms with van der Waals surface area (Å²) < 4.78 is 13.1. The molecule has 0 radical (unpaired) electrons. The summed E-state index contributed by atoms with van der Waals surface area (Å²) in [4.78, 5) is 49.1. The molecule has 1 aliphatic rings.